The van der Waals surface area contributed by atoms with E-state index < -0.39 is 4.92 Å². The molecule has 0 amide bonds. The third-order valence-corrected chi connectivity index (χ3v) is 1.57. The number of nitrogens with one attached hydrogen (secondary N) is 1. The van der Waals surface area contributed by atoms with Crippen LogP contribution in [0.15, 0.2) is 18.3 Å². The Kier molecular flexibility index (Phi) is 3.02. The van der Waals surface area contributed by atoms with Gasteiger partial charge in [-0.25, -0.2) is 0 Å². The maximum Gasteiger partial charge on any atom is 0.363 e. The topological polar surface area (TPSA) is 68.1 Å². The van der Waals surface area contributed by atoms with Crippen molar-refractivity contribution in [2.45, 2.75) is 13.0 Å². The van der Waals surface area contributed by atoms with Gasteiger partial charge in [0.1, 0.15) is 0 Å². The molecule has 0 spiro atoms. The van der Waals surface area contributed by atoms with Gasteiger partial charge in [-0.3, -0.25) is 0 Å². The summed E-state index contributed by atoms with van der Waals surface area (Å²) in [7, 11) is 0. The number of aromatic nitrogens is 1. The van der Waals surface area contributed by atoms with Crippen LogP contribution in [0.3, 0.4) is 0 Å². The molecule has 0 aromatic carbocycles. The summed E-state index contributed by atoms with van der Waals surface area (Å²) in [5, 5.41) is 13.2. The SMILES string of the molecule is C#CC(C)Nc1ccc([N+](=O)[O-])nc1. The van der Waals surface area contributed by atoms with E-state index in [9.17, 15) is 10.1 Å². The smallest absolute Gasteiger partial charge is 0.363 e. The summed E-state index contributed by atoms with van der Waals surface area (Å²) in [5.41, 5.74) is 0.668. The van der Waals surface area contributed by atoms with Crippen LogP contribution < -0.4 is 5.32 Å². The Balaban J connectivity index is 2.75. The summed E-state index contributed by atoms with van der Waals surface area (Å²) in [6.45, 7) is 1.81. The van der Waals surface area contributed by atoms with E-state index in [1.165, 1.54) is 12.3 Å². The molecule has 14 heavy (non-hydrogen) atoms. The Bertz CT molecular complexity index is 367. The minimum Gasteiger partial charge on any atom is -0.369 e. The Labute approximate surface area is 81.3 Å². The van der Waals surface area contributed by atoms with Crippen molar-refractivity contribution in [2.75, 3.05) is 5.32 Å². The predicted molar refractivity (Wildman–Crippen MR) is 52.8 cm³/mol. The Morgan fingerprint density at radius 1 is 1.71 bits per heavy atom. The fraction of sp³-hybridized carbons (Fsp3) is 0.222. The highest BCUT2D eigenvalue weighted by atomic mass is 16.6. The lowest BCUT2D eigenvalue weighted by atomic mass is 10.3. The normalized spacial score (nSPS) is 11.4. The maximum atomic E-state index is 10.3. The lowest BCUT2D eigenvalue weighted by Gasteiger charge is -2.06. The zero-order chi connectivity index (χ0) is 10.6. The van der Waals surface area contributed by atoms with Crippen LogP contribution in [0.4, 0.5) is 11.5 Å². The van der Waals surface area contributed by atoms with E-state index in [1.54, 1.807) is 13.0 Å². The van der Waals surface area contributed by atoms with E-state index in [-0.39, 0.29) is 11.9 Å². The van der Waals surface area contributed by atoms with Crippen LogP contribution in [0.5, 0.6) is 0 Å². The highest BCUT2D eigenvalue weighted by Gasteiger charge is 2.06. The highest BCUT2D eigenvalue weighted by molar-refractivity contribution is 5.45. The second-order valence-electron chi connectivity index (χ2n) is 2.69. The number of anilines is 1. The van der Waals surface area contributed by atoms with E-state index in [2.05, 4.69) is 16.2 Å². The largest absolute Gasteiger partial charge is 0.369 e. The average Bonchev–Trinajstić information content (AvgIpc) is 2.18. The van der Waals surface area contributed by atoms with Crippen LogP contribution in [-0.4, -0.2) is 15.9 Å². The lowest BCUT2D eigenvalue weighted by molar-refractivity contribution is -0.389. The predicted octanol–water partition coefficient (Wildman–Crippen LogP) is 1.42. The molecule has 0 fully saturated rings. The molecule has 0 aliphatic carbocycles. The summed E-state index contributed by atoms with van der Waals surface area (Å²) in [6, 6.07) is 2.77. The van der Waals surface area contributed by atoms with Gasteiger partial charge in [0.25, 0.3) is 0 Å². The Morgan fingerprint density at radius 3 is 2.86 bits per heavy atom. The van der Waals surface area contributed by atoms with E-state index in [0.717, 1.165) is 0 Å². The molecular formula is C9H9N3O2. The summed E-state index contributed by atoms with van der Waals surface area (Å²) in [5.74, 6) is 2.30. The van der Waals surface area contributed by atoms with E-state index in [4.69, 9.17) is 6.42 Å². The Morgan fingerprint density at radius 2 is 2.43 bits per heavy atom. The fourth-order valence-corrected chi connectivity index (χ4v) is 0.871. The molecule has 1 aromatic rings. The average molecular weight is 191 g/mol. The third-order valence-electron chi connectivity index (χ3n) is 1.57. The standard InChI is InChI=1S/C9H9N3O2/c1-3-7(2)11-8-4-5-9(10-6-8)12(13)14/h1,4-7,11H,2H3. The molecule has 1 aromatic heterocycles. The van der Waals surface area contributed by atoms with Crippen molar-refractivity contribution < 1.29 is 4.92 Å². The summed E-state index contributed by atoms with van der Waals surface area (Å²) in [6.07, 6.45) is 6.54. The number of hydrogen-bond donors (Lipinski definition) is 1. The second-order valence-corrected chi connectivity index (χ2v) is 2.69. The van der Waals surface area contributed by atoms with Crippen molar-refractivity contribution in [3.63, 3.8) is 0 Å². The molecule has 1 unspecified atom stereocenters. The van der Waals surface area contributed by atoms with Crippen LogP contribution in [0.2, 0.25) is 0 Å². The molecule has 1 atom stereocenters. The number of nitro groups is 1. The molecule has 5 heteroatoms. The van der Waals surface area contributed by atoms with Gasteiger partial charge in [0, 0.05) is 6.07 Å². The van der Waals surface area contributed by atoms with Gasteiger partial charge in [0.05, 0.1) is 11.7 Å². The first-order chi connectivity index (χ1) is 6.63. The van der Waals surface area contributed by atoms with Gasteiger partial charge in [-0.2, -0.15) is 0 Å². The van der Waals surface area contributed by atoms with Crippen LogP contribution in [0.1, 0.15) is 6.92 Å². The van der Waals surface area contributed by atoms with Crippen molar-refractivity contribution in [3.05, 3.63) is 28.4 Å². The van der Waals surface area contributed by atoms with E-state index in [1.807, 2.05) is 0 Å². The van der Waals surface area contributed by atoms with Gasteiger partial charge in [-0.15, -0.1) is 6.42 Å². The van der Waals surface area contributed by atoms with Crippen molar-refractivity contribution >= 4 is 11.5 Å². The molecule has 0 saturated heterocycles. The molecule has 5 nitrogen and oxygen atoms in total. The molecular weight excluding hydrogens is 182 g/mol. The lowest BCUT2D eigenvalue weighted by Crippen LogP contribution is -2.12. The zero-order valence-corrected chi connectivity index (χ0v) is 7.60. The number of rotatable bonds is 3. The first-order valence-corrected chi connectivity index (χ1v) is 3.96. The number of nitrogens with zero attached hydrogens (tertiary/aromatic N) is 2. The molecule has 1 N–H and O–H groups in total. The molecule has 72 valence electrons. The van der Waals surface area contributed by atoms with Crippen LogP contribution in [0.25, 0.3) is 0 Å². The molecule has 0 bridgehead atoms. The quantitative estimate of drug-likeness (QED) is 0.445. The number of hydrogen-bond acceptors (Lipinski definition) is 4. The molecule has 1 rings (SSSR count). The molecule has 0 radical (unpaired) electrons. The monoisotopic (exact) mass is 191 g/mol. The molecule has 0 saturated carbocycles. The van der Waals surface area contributed by atoms with Crippen molar-refractivity contribution in [3.8, 4) is 12.3 Å². The first kappa shape index (κ1) is 9.99. The van der Waals surface area contributed by atoms with Crippen molar-refractivity contribution in [1.29, 1.82) is 0 Å². The maximum absolute atomic E-state index is 10.3. The molecule has 0 aliphatic heterocycles. The second kappa shape index (κ2) is 4.23. The zero-order valence-electron chi connectivity index (χ0n) is 7.60. The van der Waals surface area contributed by atoms with Crippen LogP contribution >= 0.6 is 0 Å². The minimum atomic E-state index is -0.547. The van der Waals surface area contributed by atoms with Crippen molar-refractivity contribution in [1.82, 2.24) is 4.98 Å². The van der Waals surface area contributed by atoms with Gasteiger partial charge in [-0.1, -0.05) is 5.92 Å². The summed E-state index contributed by atoms with van der Waals surface area (Å²) in [4.78, 5) is 13.4. The minimum absolute atomic E-state index is 0.127. The molecule has 1 heterocycles. The van der Waals surface area contributed by atoms with Crippen LogP contribution in [0, 0.1) is 22.5 Å². The highest BCUT2D eigenvalue weighted by Crippen LogP contribution is 2.11. The van der Waals surface area contributed by atoms with E-state index >= 15 is 0 Å². The summed E-state index contributed by atoms with van der Waals surface area (Å²) < 4.78 is 0. The van der Waals surface area contributed by atoms with E-state index in [0.29, 0.717) is 5.69 Å². The van der Waals surface area contributed by atoms with Crippen molar-refractivity contribution in [2.24, 2.45) is 0 Å². The Hall–Kier alpha value is -2.09. The fourth-order valence-electron chi connectivity index (χ4n) is 0.871. The van der Waals surface area contributed by atoms with Gasteiger partial charge in [0.2, 0.25) is 0 Å². The van der Waals surface area contributed by atoms with Gasteiger partial charge in [-0.05, 0) is 22.9 Å². The molecule has 0 aliphatic rings. The number of terminal acetylenes is 1. The third kappa shape index (κ3) is 2.45. The number of pyridine rings is 1. The summed E-state index contributed by atoms with van der Waals surface area (Å²) >= 11 is 0. The van der Waals surface area contributed by atoms with Gasteiger partial charge < -0.3 is 15.4 Å². The van der Waals surface area contributed by atoms with Gasteiger partial charge in [0.15, 0.2) is 6.20 Å². The van der Waals surface area contributed by atoms with Crippen LogP contribution in [-0.2, 0) is 0 Å². The first-order valence-electron chi connectivity index (χ1n) is 3.96. The van der Waals surface area contributed by atoms with Gasteiger partial charge >= 0.3 is 5.82 Å².